The Morgan fingerprint density at radius 1 is 1.50 bits per heavy atom. The summed E-state index contributed by atoms with van der Waals surface area (Å²) in [6, 6.07) is 5.16. The van der Waals surface area contributed by atoms with Gasteiger partial charge in [0.15, 0.2) is 0 Å². The van der Waals surface area contributed by atoms with Crippen molar-refractivity contribution < 1.29 is 9.53 Å². The molecule has 0 radical (unpaired) electrons. The number of carbonyl (C=O) groups is 1. The van der Waals surface area contributed by atoms with Crippen molar-refractivity contribution in [2.75, 3.05) is 12.3 Å². The number of halogens is 1. The van der Waals surface area contributed by atoms with Gasteiger partial charge in [-0.3, -0.25) is 0 Å². The molecule has 0 aliphatic rings. The lowest BCUT2D eigenvalue weighted by atomic mass is 10.1. The van der Waals surface area contributed by atoms with Crippen LogP contribution in [0, 0.1) is 5.92 Å². The van der Waals surface area contributed by atoms with Gasteiger partial charge in [0.2, 0.25) is 0 Å². The van der Waals surface area contributed by atoms with Crippen molar-refractivity contribution in [1.29, 1.82) is 0 Å². The lowest BCUT2D eigenvalue weighted by molar-refractivity contribution is 0.0487. The molecule has 0 saturated carbocycles. The quantitative estimate of drug-likeness (QED) is 0.683. The Morgan fingerprint density at radius 2 is 2.19 bits per heavy atom. The molecule has 88 valence electrons. The minimum absolute atomic E-state index is 0.333. The van der Waals surface area contributed by atoms with Crippen LogP contribution in [0.1, 0.15) is 30.6 Å². The molecule has 0 fully saturated rings. The molecule has 2 N–H and O–H groups in total. The van der Waals surface area contributed by atoms with Gasteiger partial charge in [0.05, 0.1) is 16.6 Å². The average Bonchev–Trinajstić information content (AvgIpc) is 2.21. The largest absolute Gasteiger partial charge is 0.462 e. The number of benzene rings is 1. The molecular formula is C12H16BrNO2. The molecule has 0 aromatic heterocycles. The highest BCUT2D eigenvalue weighted by Gasteiger charge is 2.12. The Bertz CT molecular complexity index is 377. The van der Waals surface area contributed by atoms with Gasteiger partial charge >= 0.3 is 5.97 Å². The van der Waals surface area contributed by atoms with Gasteiger partial charge in [0.25, 0.3) is 0 Å². The molecule has 0 atom stereocenters. The van der Waals surface area contributed by atoms with Crippen LogP contribution in [-0.4, -0.2) is 12.6 Å². The predicted octanol–water partition coefficient (Wildman–Crippen LogP) is 3.23. The Kier molecular flexibility index (Phi) is 4.80. The van der Waals surface area contributed by atoms with E-state index in [0.717, 1.165) is 6.42 Å². The van der Waals surface area contributed by atoms with Crippen molar-refractivity contribution >= 4 is 27.6 Å². The fraction of sp³-hybridized carbons (Fsp3) is 0.417. The van der Waals surface area contributed by atoms with Crippen LogP contribution in [0.2, 0.25) is 0 Å². The summed E-state index contributed by atoms with van der Waals surface area (Å²) in [5, 5.41) is 0. The Labute approximate surface area is 104 Å². The maximum atomic E-state index is 11.7. The molecule has 0 aliphatic carbocycles. The summed E-state index contributed by atoms with van der Waals surface area (Å²) >= 11 is 3.28. The van der Waals surface area contributed by atoms with Gasteiger partial charge in [-0.25, -0.2) is 4.79 Å². The van der Waals surface area contributed by atoms with Crippen LogP contribution in [0.25, 0.3) is 0 Å². The van der Waals surface area contributed by atoms with Gasteiger partial charge in [-0.15, -0.1) is 0 Å². The third-order valence-electron chi connectivity index (χ3n) is 2.18. The zero-order valence-corrected chi connectivity index (χ0v) is 11.1. The second kappa shape index (κ2) is 5.89. The van der Waals surface area contributed by atoms with Crippen molar-refractivity contribution in [3.63, 3.8) is 0 Å². The first-order valence-corrected chi connectivity index (χ1v) is 6.02. The lowest BCUT2D eigenvalue weighted by Gasteiger charge is -2.08. The Morgan fingerprint density at radius 3 is 2.81 bits per heavy atom. The topological polar surface area (TPSA) is 52.3 Å². The van der Waals surface area contributed by atoms with Crippen LogP contribution in [0.15, 0.2) is 22.7 Å². The minimum Gasteiger partial charge on any atom is -0.462 e. The average molecular weight is 286 g/mol. The highest BCUT2D eigenvalue weighted by atomic mass is 79.9. The Balaban J connectivity index is 2.63. The molecule has 3 nitrogen and oxygen atoms in total. The van der Waals surface area contributed by atoms with E-state index in [0.29, 0.717) is 28.2 Å². The first-order chi connectivity index (χ1) is 7.52. The van der Waals surface area contributed by atoms with Crippen LogP contribution >= 0.6 is 15.9 Å². The van der Waals surface area contributed by atoms with Crippen molar-refractivity contribution in [2.45, 2.75) is 20.3 Å². The van der Waals surface area contributed by atoms with Gasteiger partial charge in [-0.2, -0.15) is 0 Å². The normalized spacial score (nSPS) is 10.5. The van der Waals surface area contributed by atoms with E-state index in [1.807, 2.05) is 0 Å². The molecule has 0 aliphatic heterocycles. The first kappa shape index (κ1) is 13.0. The van der Waals surface area contributed by atoms with Crippen molar-refractivity contribution in [3.05, 3.63) is 28.2 Å². The van der Waals surface area contributed by atoms with E-state index in [1.54, 1.807) is 18.2 Å². The highest BCUT2D eigenvalue weighted by molar-refractivity contribution is 9.10. The summed E-state index contributed by atoms with van der Waals surface area (Å²) in [6.45, 7) is 4.62. The second-order valence-electron chi connectivity index (χ2n) is 4.03. The molecule has 0 spiro atoms. The Hall–Kier alpha value is -1.03. The molecule has 16 heavy (non-hydrogen) atoms. The third kappa shape index (κ3) is 3.52. The van der Waals surface area contributed by atoms with E-state index in [-0.39, 0.29) is 5.97 Å². The fourth-order valence-corrected chi connectivity index (χ4v) is 1.60. The summed E-state index contributed by atoms with van der Waals surface area (Å²) in [7, 11) is 0. The summed E-state index contributed by atoms with van der Waals surface area (Å²) < 4.78 is 5.75. The first-order valence-electron chi connectivity index (χ1n) is 5.23. The number of rotatable bonds is 4. The van der Waals surface area contributed by atoms with E-state index in [1.165, 1.54) is 0 Å². The van der Waals surface area contributed by atoms with Crippen molar-refractivity contribution in [1.82, 2.24) is 0 Å². The third-order valence-corrected chi connectivity index (χ3v) is 3.06. The van der Waals surface area contributed by atoms with Crippen LogP contribution < -0.4 is 5.73 Å². The SMILES string of the molecule is CC(C)CCOC(=O)c1cccc(N)c1Br. The molecule has 4 heteroatoms. The molecule has 0 saturated heterocycles. The second-order valence-corrected chi connectivity index (χ2v) is 4.82. The monoisotopic (exact) mass is 285 g/mol. The lowest BCUT2D eigenvalue weighted by Crippen LogP contribution is -2.09. The molecule has 1 rings (SSSR count). The number of hydrogen-bond donors (Lipinski definition) is 1. The molecule has 1 aromatic carbocycles. The summed E-state index contributed by atoms with van der Waals surface area (Å²) in [5.74, 6) is 0.192. The maximum absolute atomic E-state index is 11.7. The number of hydrogen-bond acceptors (Lipinski definition) is 3. The number of esters is 1. The number of ether oxygens (including phenoxy) is 1. The molecule has 0 unspecified atom stereocenters. The van der Waals surface area contributed by atoms with E-state index in [4.69, 9.17) is 10.5 Å². The van der Waals surface area contributed by atoms with Gasteiger partial charge < -0.3 is 10.5 Å². The molecule has 1 aromatic rings. The maximum Gasteiger partial charge on any atom is 0.339 e. The zero-order chi connectivity index (χ0) is 12.1. The van der Waals surface area contributed by atoms with Gasteiger partial charge in [-0.05, 0) is 40.4 Å². The van der Waals surface area contributed by atoms with Crippen LogP contribution in [0.3, 0.4) is 0 Å². The standard InChI is InChI=1S/C12H16BrNO2/c1-8(2)6-7-16-12(15)9-4-3-5-10(14)11(9)13/h3-5,8H,6-7,14H2,1-2H3. The highest BCUT2D eigenvalue weighted by Crippen LogP contribution is 2.24. The molecule has 0 bridgehead atoms. The van der Waals surface area contributed by atoms with Crippen LogP contribution in [0.4, 0.5) is 5.69 Å². The van der Waals surface area contributed by atoms with Crippen LogP contribution in [0.5, 0.6) is 0 Å². The number of nitrogens with two attached hydrogens (primary N) is 1. The van der Waals surface area contributed by atoms with Crippen LogP contribution in [-0.2, 0) is 4.74 Å². The van der Waals surface area contributed by atoms with E-state index >= 15 is 0 Å². The van der Waals surface area contributed by atoms with Crippen molar-refractivity contribution in [2.24, 2.45) is 5.92 Å². The van der Waals surface area contributed by atoms with Gasteiger partial charge in [-0.1, -0.05) is 19.9 Å². The minimum atomic E-state index is -0.333. The fourth-order valence-electron chi connectivity index (χ4n) is 1.17. The molecule has 0 amide bonds. The van der Waals surface area contributed by atoms with E-state index in [9.17, 15) is 4.79 Å². The van der Waals surface area contributed by atoms with E-state index in [2.05, 4.69) is 29.8 Å². The smallest absolute Gasteiger partial charge is 0.339 e. The summed E-state index contributed by atoms with van der Waals surface area (Å²) in [5.41, 5.74) is 6.70. The van der Waals surface area contributed by atoms with E-state index < -0.39 is 0 Å². The zero-order valence-electron chi connectivity index (χ0n) is 9.50. The van der Waals surface area contributed by atoms with Crippen molar-refractivity contribution in [3.8, 4) is 0 Å². The number of carbonyl (C=O) groups excluding carboxylic acids is 1. The summed E-state index contributed by atoms with van der Waals surface area (Å²) in [6.07, 6.45) is 0.867. The molecule has 0 heterocycles. The summed E-state index contributed by atoms with van der Waals surface area (Å²) in [4.78, 5) is 11.7. The number of nitrogen functional groups attached to an aromatic ring is 1. The van der Waals surface area contributed by atoms with Gasteiger partial charge in [0, 0.05) is 5.69 Å². The predicted molar refractivity (Wildman–Crippen MR) is 68.3 cm³/mol. The van der Waals surface area contributed by atoms with Gasteiger partial charge in [0.1, 0.15) is 0 Å². The number of anilines is 1. The molecular weight excluding hydrogens is 270 g/mol.